The average Bonchev–Trinajstić information content (AvgIpc) is 2.93. The van der Waals surface area contributed by atoms with Gasteiger partial charge in [0.2, 0.25) is 0 Å². The summed E-state index contributed by atoms with van der Waals surface area (Å²) in [5.41, 5.74) is 0.692. The van der Waals surface area contributed by atoms with Crippen LogP contribution in [0, 0.1) is 0 Å². The molecule has 0 aliphatic carbocycles. The highest BCUT2D eigenvalue weighted by molar-refractivity contribution is 6.36. The second-order valence-electron chi connectivity index (χ2n) is 4.41. The molecule has 5 nitrogen and oxygen atoms in total. The molecule has 0 bridgehead atoms. The smallest absolute Gasteiger partial charge is 0.139 e. The number of hydrogen-bond acceptors (Lipinski definition) is 5. The van der Waals surface area contributed by atoms with Gasteiger partial charge in [-0.2, -0.15) is 0 Å². The molecule has 1 unspecified atom stereocenters. The van der Waals surface area contributed by atoms with Gasteiger partial charge in [0.25, 0.3) is 0 Å². The Hall–Kier alpha value is -1.59. The van der Waals surface area contributed by atoms with Crippen LogP contribution in [-0.4, -0.2) is 36.3 Å². The average molecular weight is 280 g/mol. The third kappa shape index (κ3) is 2.31. The molecule has 19 heavy (non-hydrogen) atoms. The number of nitrogens with one attached hydrogen (secondary N) is 1. The minimum atomic E-state index is 0.291. The molecule has 6 heteroatoms. The molecule has 1 saturated heterocycles. The van der Waals surface area contributed by atoms with Crippen molar-refractivity contribution in [1.29, 1.82) is 0 Å². The number of ether oxygens (including phenoxy) is 2. The molecule has 2 aromatic rings. The molecule has 100 valence electrons. The van der Waals surface area contributed by atoms with Crippen LogP contribution in [0.4, 0.5) is 5.82 Å². The molecule has 1 aromatic heterocycles. The second kappa shape index (κ2) is 5.19. The largest absolute Gasteiger partial charge is 0.495 e. The first-order valence-corrected chi connectivity index (χ1v) is 6.49. The number of methoxy groups -OCH3 is 1. The minimum absolute atomic E-state index is 0.291. The van der Waals surface area contributed by atoms with Crippen molar-refractivity contribution in [2.75, 3.05) is 25.6 Å². The van der Waals surface area contributed by atoms with Gasteiger partial charge in [0.1, 0.15) is 22.9 Å². The van der Waals surface area contributed by atoms with E-state index in [4.69, 9.17) is 21.1 Å². The summed E-state index contributed by atoms with van der Waals surface area (Å²) in [5, 5.41) is 4.77. The molecule has 1 atom stereocenters. The first-order valence-electron chi connectivity index (χ1n) is 6.11. The Bertz CT molecular complexity index is 600. The number of halogens is 1. The Labute approximate surface area is 115 Å². The van der Waals surface area contributed by atoms with Crippen molar-refractivity contribution in [3.05, 3.63) is 23.5 Å². The number of rotatable bonds is 3. The Balaban J connectivity index is 2.02. The van der Waals surface area contributed by atoms with Gasteiger partial charge in [0.05, 0.1) is 25.3 Å². The van der Waals surface area contributed by atoms with Crippen molar-refractivity contribution in [3.8, 4) is 5.75 Å². The summed E-state index contributed by atoms with van der Waals surface area (Å²) in [5.74, 6) is 1.40. The van der Waals surface area contributed by atoms with E-state index in [0.717, 1.165) is 24.2 Å². The Kier molecular flexibility index (Phi) is 3.40. The lowest BCUT2D eigenvalue weighted by molar-refractivity contribution is 0.195. The van der Waals surface area contributed by atoms with E-state index in [-0.39, 0.29) is 0 Å². The Morgan fingerprint density at radius 1 is 1.42 bits per heavy atom. The molecule has 3 rings (SSSR count). The number of anilines is 1. The maximum atomic E-state index is 6.26. The van der Waals surface area contributed by atoms with Gasteiger partial charge in [-0.25, -0.2) is 9.97 Å². The van der Waals surface area contributed by atoms with E-state index in [2.05, 4.69) is 15.3 Å². The lowest BCUT2D eigenvalue weighted by Crippen LogP contribution is -2.19. The number of hydrogen-bond donors (Lipinski definition) is 1. The Morgan fingerprint density at radius 3 is 3.05 bits per heavy atom. The molecule has 0 radical (unpaired) electrons. The van der Waals surface area contributed by atoms with Crippen LogP contribution in [0.2, 0.25) is 5.02 Å². The topological polar surface area (TPSA) is 56.3 Å². The van der Waals surface area contributed by atoms with Gasteiger partial charge in [0.15, 0.2) is 0 Å². The van der Waals surface area contributed by atoms with E-state index < -0.39 is 0 Å². The van der Waals surface area contributed by atoms with E-state index in [1.807, 2.05) is 12.1 Å². The third-order valence-electron chi connectivity index (χ3n) is 3.20. The number of fused-ring (bicyclic) bond motifs is 1. The van der Waals surface area contributed by atoms with Crippen LogP contribution in [-0.2, 0) is 4.74 Å². The first kappa shape index (κ1) is 12.4. The number of aromatic nitrogens is 2. The molecule has 1 aliphatic rings. The lowest BCUT2D eigenvalue weighted by Gasteiger charge is -2.14. The fraction of sp³-hybridized carbons (Fsp3) is 0.385. The Morgan fingerprint density at radius 2 is 2.32 bits per heavy atom. The highest BCUT2D eigenvalue weighted by Gasteiger charge is 2.18. The van der Waals surface area contributed by atoms with Crippen LogP contribution in [0.1, 0.15) is 6.42 Å². The zero-order valence-electron chi connectivity index (χ0n) is 10.5. The van der Waals surface area contributed by atoms with Crippen molar-refractivity contribution in [2.45, 2.75) is 12.5 Å². The minimum Gasteiger partial charge on any atom is -0.495 e. The highest BCUT2D eigenvalue weighted by Crippen LogP contribution is 2.33. The van der Waals surface area contributed by atoms with Crippen LogP contribution in [0.15, 0.2) is 18.5 Å². The van der Waals surface area contributed by atoms with Gasteiger partial charge in [-0.1, -0.05) is 11.6 Å². The SMILES string of the molecule is COc1ccc2c(NC3CCOC3)ncnc2c1Cl. The number of benzene rings is 1. The summed E-state index contributed by atoms with van der Waals surface area (Å²) >= 11 is 6.26. The molecular weight excluding hydrogens is 266 g/mol. The number of nitrogens with zero attached hydrogens (tertiary/aromatic N) is 2. The standard InChI is InChI=1S/C13H14ClN3O2/c1-18-10-3-2-9-12(11(10)14)15-7-16-13(9)17-8-4-5-19-6-8/h2-3,7-8H,4-6H2,1H3,(H,15,16,17). The van der Waals surface area contributed by atoms with Crippen LogP contribution in [0.25, 0.3) is 10.9 Å². The molecule has 1 fully saturated rings. The fourth-order valence-corrected chi connectivity index (χ4v) is 2.48. The third-order valence-corrected chi connectivity index (χ3v) is 3.57. The predicted octanol–water partition coefficient (Wildman–Crippen LogP) is 2.49. The summed E-state index contributed by atoms with van der Waals surface area (Å²) in [4.78, 5) is 8.52. The van der Waals surface area contributed by atoms with Gasteiger partial charge in [-0.3, -0.25) is 0 Å². The van der Waals surface area contributed by atoms with Crippen molar-refractivity contribution in [3.63, 3.8) is 0 Å². The summed E-state index contributed by atoms with van der Waals surface area (Å²) in [7, 11) is 1.59. The molecule has 1 N–H and O–H groups in total. The van der Waals surface area contributed by atoms with Gasteiger partial charge in [-0.15, -0.1) is 0 Å². The molecule has 1 aromatic carbocycles. The van der Waals surface area contributed by atoms with Crippen LogP contribution in [0.3, 0.4) is 0 Å². The molecular formula is C13H14ClN3O2. The second-order valence-corrected chi connectivity index (χ2v) is 4.78. The lowest BCUT2D eigenvalue weighted by atomic mass is 10.2. The van der Waals surface area contributed by atoms with Gasteiger partial charge in [-0.05, 0) is 18.6 Å². The van der Waals surface area contributed by atoms with Crippen LogP contribution < -0.4 is 10.1 Å². The highest BCUT2D eigenvalue weighted by atomic mass is 35.5. The molecule has 0 amide bonds. The molecule has 0 spiro atoms. The van der Waals surface area contributed by atoms with Gasteiger partial charge >= 0.3 is 0 Å². The van der Waals surface area contributed by atoms with Crippen LogP contribution in [0.5, 0.6) is 5.75 Å². The molecule has 2 heterocycles. The zero-order valence-corrected chi connectivity index (χ0v) is 11.3. The van der Waals surface area contributed by atoms with Crippen molar-refractivity contribution >= 4 is 28.3 Å². The maximum Gasteiger partial charge on any atom is 0.139 e. The summed E-state index contributed by atoms with van der Waals surface area (Å²) in [6.45, 7) is 1.49. The van der Waals surface area contributed by atoms with E-state index in [1.54, 1.807) is 7.11 Å². The zero-order chi connectivity index (χ0) is 13.2. The van der Waals surface area contributed by atoms with E-state index in [9.17, 15) is 0 Å². The van der Waals surface area contributed by atoms with Gasteiger partial charge in [0, 0.05) is 12.0 Å². The maximum absolute atomic E-state index is 6.26. The monoisotopic (exact) mass is 279 g/mol. The van der Waals surface area contributed by atoms with Gasteiger partial charge < -0.3 is 14.8 Å². The summed E-state index contributed by atoms with van der Waals surface area (Å²) in [6.07, 6.45) is 2.49. The fourth-order valence-electron chi connectivity index (χ4n) is 2.19. The van der Waals surface area contributed by atoms with E-state index >= 15 is 0 Å². The molecule has 0 saturated carbocycles. The normalized spacial score (nSPS) is 18.7. The van der Waals surface area contributed by atoms with E-state index in [1.165, 1.54) is 6.33 Å². The predicted molar refractivity (Wildman–Crippen MR) is 73.9 cm³/mol. The molecule has 1 aliphatic heterocycles. The van der Waals surface area contributed by atoms with Crippen molar-refractivity contribution in [2.24, 2.45) is 0 Å². The van der Waals surface area contributed by atoms with Crippen molar-refractivity contribution < 1.29 is 9.47 Å². The quantitative estimate of drug-likeness (QED) is 0.935. The van der Waals surface area contributed by atoms with E-state index in [0.29, 0.717) is 28.9 Å². The van der Waals surface area contributed by atoms with Crippen molar-refractivity contribution in [1.82, 2.24) is 9.97 Å². The first-order chi connectivity index (χ1) is 9.29. The summed E-state index contributed by atoms with van der Waals surface area (Å²) in [6, 6.07) is 4.03. The van der Waals surface area contributed by atoms with Crippen LogP contribution >= 0.6 is 11.6 Å². The summed E-state index contributed by atoms with van der Waals surface area (Å²) < 4.78 is 10.5.